The van der Waals surface area contributed by atoms with E-state index in [0.717, 1.165) is 8.90 Å². The lowest BCUT2D eigenvalue weighted by atomic mass is 10.1. The molecule has 1 unspecified atom stereocenters. The fourth-order valence-electron chi connectivity index (χ4n) is 1.62. The van der Waals surface area contributed by atoms with Gasteiger partial charge < -0.3 is 18.9 Å². The minimum atomic E-state index is 0.111. The second kappa shape index (κ2) is 12.8. The van der Waals surface area contributed by atoms with Crippen molar-refractivity contribution in [2.75, 3.05) is 51.2 Å². The lowest BCUT2D eigenvalue weighted by Crippen LogP contribution is -2.13. The van der Waals surface area contributed by atoms with Gasteiger partial charge in [0, 0.05) is 16.0 Å². The summed E-state index contributed by atoms with van der Waals surface area (Å²) in [5.41, 5.74) is 1.19. The van der Waals surface area contributed by atoms with E-state index in [1.165, 1.54) is 5.56 Å². The Bertz CT molecular complexity index is 361. The summed E-state index contributed by atoms with van der Waals surface area (Å²) in [6.07, 6.45) is 0.111. The minimum absolute atomic E-state index is 0.111. The van der Waals surface area contributed by atoms with E-state index in [9.17, 15) is 0 Å². The van der Waals surface area contributed by atoms with Crippen LogP contribution in [0, 0.1) is 0 Å². The van der Waals surface area contributed by atoms with Crippen LogP contribution in [0.1, 0.15) is 11.7 Å². The summed E-state index contributed by atoms with van der Waals surface area (Å²) < 4.78 is 23.5. The molecule has 0 aliphatic rings. The SMILES string of the molecule is COCCOCCOCCOC(CI)c1ccc(Br)cc1. The lowest BCUT2D eigenvalue weighted by Gasteiger charge is -2.16. The van der Waals surface area contributed by atoms with Gasteiger partial charge in [0.15, 0.2) is 0 Å². The van der Waals surface area contributed by atoms with Crippen LogP contribution in [0.25, 0.3) is 0 Å². The molecule has 4 nitrogen and oxygen atoms in total. The van der Waals surface area contributed by atoms with Crippen molar-refractivity contribution in [2.45, 2.75) is 6.10 Å². The first-order valence-electron chi connectivity index (χ1n) is 6.85. The van der Waals surface area contributed by atoms with Crippen LogP contribution in [0.4, 0.5) is 0 Å². The molecule has 0 spiro atoms. The Labute approximate surface area is 148 Å². The highest BCUT2D eigenvalue weighted by Crippen LogP contribution is 2.21. The molecular formula is C15H22BrIO4. The van der Waals surface area contributed by atoms with Gasteiger partial charge in [-0.05, 0) is 17.7 Å². The quantitative estimate of drug-likeness (QED) is 0.264. The minimum Gasteiger partial charge on any atom is -0.382 e. The van der Waals surface area contributed by atoms with Gasteiger partial charge in [0.1, 0.15) is 0 Å². The van der Waals surface area contributed by atoms with E-state index in [-0.39, 0.29) is 6.10 Å². The Morgan fingerprint density at radius 2 is 1.52 bits per heavy atom. The number of rotatable bonds is 12. The number of hydrogen-bond donors (Lipinski definition) is 0. The Kier molecular flexibility index (Phi) is 11.8. The molecule has 0 saturated heterocycles. The third-order valence-corrected chi connectivity index (χ3v) is 4.06. The second-order valence-corrected chi connectivity index (χ2v) is 6.08. The third kappa shape index (κ3) is 9.10. The summed E-state index contributed by atoms with van der Waals surface area (Å²) in [7, 11) is 1.66. The van der Waals surface area contributed by atoms with E-state index in [1.54, 1.807) is 7.11 Å². The van der Waals surface area contributed by atoms with Gasteiger partial charge in [0.25, 0.3) is 0 Å². The smallest absolute Gasteiger partial charge is 0.0915 e. The van der Waals surface area contributed by atoms with Crippen molar-refractivity contribution in [1.82, 2.24) is 0 Å². The molecule has 21 heavy (non-hydrogen) atoms. The zero-order valence-electron chi connectivity index (χ0n) is 12.2. The molecule has 1 aromatic carbocycles. The highest BCUT2D eigenvalue weighted by Gasteiger charge is 2.09. The molecule has 0 aliphatic carbocycles. The average molecular weight is 473 g/mol. The zero-order valence-corrected chi connectivity index (χ0v) is 16.0. The predicted octanol–water partition coefficient (Wildman–Crippen LogP) is 3.62. The van der Waals surface area contributed by atoms with Crippen LogP contribution in [0.3, 0.4) is 0 Å². The molecule has 0 amide bonds. The fourth-order valence-corrected chi connectivity index (χ4v) is 2.65. The second-order valence-electron chi connectivity index (χ2n) is 4.28. The van der Waals surface area contributed by atoms with Gasteiger partial charge in [-0.3, -0.25) is 0 Å². The van der Waals surface area contributed by atoms with Crippen LogP contribution < -0.4 is 0 Å². The van der Waals surface area contributed by atoms with Crippen LogP contribution in [-0.4, -0.2) is 51.2 Å². The van der Waals surface area contributed by atoms with Crippen LogP contribution in [-0.2, 0) is 18.9 Å². The topological polar surface area (TPSA) is 36.9 Å². The zero-order chi connectivity index (χ0) is 15.3. The van der Waals surface area contributed by atoms with E-state index in [2.05, 4.69) is 50.7 Å². The van der Waals surface area contributed by atoms with Crippen molar-refractivity contribution in [2.24, 2.45) is 0 Å². The highest BCUT2D eigenvalue weighted by atomic mass is 127. The van der Waals surface area contributed by atoms with Gasteiger partial charge >= 0.3 is 0 Å². The maximum absolute atomic E-state index is 5.85. The Morgan fingerprint density at radius 3 is 2.10 bits per heavy atom. The summed E-state index contributed by atoms with van der Waals surface area (Å²) in [5.74, 6) is 0. The number of hydrogen-bond acceptors (Lipinski definition) is 4. The van der Waals surface area contributed by atoms with Crippen molar-refractivity contribution >= 4 is 38.5 Å². The number of halogens is 2. The molecule has 0 fully saturated rings. The molecule has 0 N–H and O–H groups in total. The molecule has 1 atom stereocenters. The monoisotopic (exact) mass is 472 g/mol. The summed E-state index contributed by atoms with van der Waals surface area (Å²) in [6, 6.07) is 8.23. The van der Waals surface area contributed by atoms with Crippen LogP contribution in [0.15, 0.2) is 28.7 Å². The summed E-state index contributed by atoms with van der Waals surface area (Å²) >= 11 is 5.78. The van der Waals surface area contributed by atoms with Gasteiger partial charge in [-0.25, -0.2) is 0 Å². The van der Waals surface area contributed by atoms with Gasteiger partial charge in [-0.2, -0.15) is 0 Å². The number of benzene rings is 1. The lowest BCUT2D eigenvalue weighted by molar-refractivity contribution is -0.0109. The molecule has 6 heteroatoms. The van der Waals surface area contributed by atoms with Crippen LogP contribution in [0.2, 0.25) is 0 Å². The first kappa shape index (κ1) is 19.3. The fraction of sp³-hybridized carbons (Fsp3) is 0.600. The molecule has 0 aliphatic heterocycles. The molecule has 120 valence electrons. The molecular weight excluding hydrogens is 451 g/mol. The van der Waals surface area contributed by atoms with Crippen molar-refractivity contribution in [3.63, 3.8) is 0 Å². The maximum Gasteiger partial charge on any atom is 0.0915 e. The molecule has 0 bridgehead atoms. The molecule has 0 saturated carbocycles. The van der Waals surface area contributed by atoms with E-state index in [0.29, 0.717) is 39.6 Å². The van der Waals surface area contributed by atoms with Crippen molar-refractivity contribution in [3.8, 4) is 0 Å². The molecule has 0 radical (unpaired) electrons. The van der Waals surface area contributed by atoms with E-state index >= 15 is 0 Å². The first-order chi connectivity index (χ1) is 10.3. The van der Waals surface area contributed by atoms with Crippen molar-refractivity contribution in [1.29, 1.82) is 0 Å². The number of alkyl halides is 1. The van der Waals surface area contributed by atoms with E-state index in [1.807, 2.05) is 12.1 Å². The Morgan fingerprint density at radius 1 is 0.952 bits per heavy atom. The number of methoxy groups -OCH3 is 1. The van der Waals surface area contributed by atoms with Gasteiger partial charge in [-0.1, -0.05) is 50.7 Å². The average Bonchev–Trinajstić information content (AvgIpc) is 2.51. The summed E-state index contributed by atoms with van der Waals surface area (Å²) in [6.45, 7) is 3.57. The van der Waals surface area contributed by atoms with Crippen molar-refractivity contribution < 1.29 is 18.9 Å². The Hall–Kier alpha value is 0.270. The van der Waals surface area contributed by atoms with Gasteiger partial charge in [0.05, 0.1) is 45.7 Å². The third-order valence-electron chi connectivity index (χ3n) is 2.73. The van der Waals surface area contributed by atoms with Gasteiger partial charge in [0.2, 0.25) is 0 Å². The summed E-state index contributed by atoms with van der Waals surface area (Å²) in [4.78, 5) is 0. The van der Waals surface area contributed by atoms with Crippen LogP contribution in [0.5, 0.6) is 0 Å². The summed E-state index contributed by atoms with van der Waals surface area (Å²) in [5, 5.41) is 0. The number of ether oxygens (including phenoxy) is 4. The normalized spacial score (nSPS) is 12.5. The largest absolute Gasteiger partial charge is 0.382 e. The van der Waals surface area contributed by atoms with E-state index in [4.69, 9.17) is 18.9 Å². The molecule has 1 aromatic rings. The molecule has 0 aromatic heterocycles. The maximum atomic E-state index is 5.85. The first-order valence-corrected chi connectivity index (χ1v) is 9.17. The molecule has 1 rings (SSSR count). The van der Waals surface area contributed by atoms with E-state index < -0.39 is 0 Å². The standard InChI is InChI=1S/C15H22BrIO4/c1-18-6-7-19-8-9-20-10-11-21-15(12-17)13-2-4-14(16)5-3-13/h2-5,15H,6-12H2,1H3. The Balaban J connectivity index is 2.08. The molecule has 0 heterocycles. The van der Waals surface area contributed by atoms with Crippen molar-refractivity contribution in [3.05, 3.63) is 34.3 Å². The predicted molar refractivity (Wildman–Crippen MR) is 95.2 cm³/mol. The highest BCUT2D eigenvalue weighted by molar-refractivity contribution is 14.1. The van der Waals surface area contributed by atoms with Crippen LogP contribution >= 0.6 is 38.5 Å². The van der Waals surface area contributed by atoms with Gasteiger partial charge in [-0.15, -0.1) is 0 Å².